The van der Waals surface area contributed by atoms with Gasteiger partial charge in [0.1, 0.15) is 17.3 Å². The first-order valence-corrected chi connectivity index (χ1v) is 9.18. The van der Waals surface area contributed by atoms with Crippen molar-refractivity contribution in [1.82, 2.24) is 4.90 Å². The van der Waals surface area contributed by atoms with Crippen LogP contribution in [0.15, 0.2) is 46.9 Å². The number of para-hydroxylation sites is 1. The lowest BCUT2D eigenvalue weighted by Crippen LogP contribution is -2.48. The maximum atomic E-state index is 13.9. The second-order valence-corrected chi connectivity index (χ2v) is 7.16. The highest BCUT2D eigenvalue weighted by Gasteiger charge is 2.36. The van der Waals surface area contributed by atoms with Gasteiger partial charge in [0.2, 0.25) is 5.91 Å². The number of benzene rings is 1. The van der Waals surface area contributed by atoms with Crippen molar-refractivity contribution in [2.45, 2.75) is 19.3 Å². The summed E-state index contributed by atoms with van der Waals surface area (Å²) < 4.78 is 19.7. The molecule has 1 amide bonds. The van der Waals surface area contributed by atoms with Crippen molar-refractivity contribution in [3.63, 3.8) is 0 Å². The van der Waals surface area contributed by atoms with E-state index in [-0.39, 0.29) is 11.7 Å². The number of hydrogen-bond acceptors (Lipinski definition) is 3. The van der Waals surface area contributed by atoms with Crippen LogP contribution in [0.1, 0.15) is 30.8 Å². The molecule has 1 aliphatic heterocycles. The van der Waals surface area contributed by atoms with E-state index >= 15 is 0 Å². The van der Waals surface area contributed by atoms with Gasteiger partial charge in [0, 0.05) is 38.2 Å². The first kappa shape index (κ1) is 16.9. The third kappa shape index (κ3) is 3.52. The first-order chi connectivity index (χ1) is 12.6. The molecular formula is C21H23FN2O2. The van der Waals surface area contributed by atoms with Crippen molar-refractivity contribution in [1.29, 1.82) is 0 Å². The number of hydrogen-bond donors (Lipinski definition) is 0. The van der Waals surface area contributed by atoms with Crippen LogP contribution in [0, 0.1) is 11.7 Å². The number of piperazine rings is 1. The second kappa shape index (κ2) is 6.98. The minimum absolute atomic E-state index is 0.0316. The average molecular weight is 354 g/mol. The number of nitrogens with zero attached hydrogens (tertiary/aromatic N) is 2. The molecule has 4 nitrogen and oxygen atoms in total. The van der Waals surface area contributed by atoms with E-state index in [9.17, 15) is 9.18 Å². The summed E-state index contributed by atoms with van der Waals surface area (Å²) in [4.78, 5) is 16.2. The summed E-state index contributed by atoms with van der Waals surface area (Å²) >= 11 is 0. The molecule has 136 valence electrons. The van der Waals surface area contributed by atoms with E-state index in [4.69, 9.17) is 4.42 Å². The normalized spacial score (nSPS) is 22.8. The van der Waals surface area contributed by atoms with Crippen LogP contribution in [0.3, 0.4) is 0 Å². The summed E-state index contributed by atoms with van der Waals surface area (Å²) in [6, 6.07) is 10.7. The fraction of sp³-hybridized carbons (Fsp3) is 0.381. The molecule has 2 atom stereocenters. The Hall–Kier alpha value is -2.56. The Morgan fingerprint density at radius 2 is 1.88 bits per heavy atom. The molecule has 1 saturated heterocycles. The van der Waals surface area contributed by atoms with Crippen molar-refractivity contribution in [2.24, 2.45) is 5.92 Å². The van der Waals surface area contributed by atoms with Gasteiger partial charge in [-0.1, -0.05) is 19.1 Å². The van der Waals surface area contributed by atoms with Gasteiger partial charge in [0.25, 0.3) is 0 Å². The van der Waals surface area contributed by atoms with Crippen LogP contribution in [0.2, 0.25) is 0 Å². The van der Waals surface area contributed by atoms with Crippen LogP contribution in [-0.2, 0) is 4.79 Å². The summed E-state index contributed by atoms with van der Waals surface area (Å²) in [5.74, 6) is 2.73. The Balaban J connectivity index is 1.32. The zero-order valence-corrected chi connectivity index (χ0v) is 14.9. The van der Waals surface area contributed by atoms with E-state index in [1.165, 1.54) is 12.5 Å². The molecule has 1 aromatic carbocycles. The van der Waals surface area contributed by atoms with Gasteiger partial charge in [-0.25, -0.2) is 4.39 Å². The van der Waals surface area contributed by atoms with Crippen LogP contribution in [-0.4, -0.2) is 37.0 Å². The summed E-state index contributed by atoms with van der Waals surface area (Å²) in [6.45, 7) is 4.64. The fourth-order valence-electron chi connectivity index (χ4n) is 3.51. The molecule has 1 saturated carbocycles. The Labute approximate surface area is 152 Å². The number of carbonyl (C=O) groups excluding carboxylic acids is 1. The van der Waals surface area contributed by atoms with E-state index in [2.05, 4.69) is 6.92 Å². The molecule has 0 spiro atoms. The lowest BCUT2D eigenvalue weighted by molar-refractivity contribution is -0.126. The molecule has 2 aromatic rings. The lowest BCUT2D eigenvalue weighted by atomic mass is 10.2. The fourth-order valence-corrected chi connectivity index (χ4v) is 3.51. The van der Waals surface area contributed by atoms with Crippen LogP contribution in [0.25, 0.3) is 6.08 Å². The van der Waals surface area contributed by atoms with Crippen molar-refractivity contribution in [3.8, 4) is 0 Å². The highest BCUT2D eigenvalue weighted by Crippen LogP contribution is 2.47. The molecular weight excluding hydrogens is 331 g/mol. The third-order valence-corrected chi connectivity index (χ3v) is 5.30. The Morgan fingerprint density at radius 3 is 2.58 bits per heavy atom. The number of anilines is 1. The zero-order chi connectivity index (χ0) is 18.1. The lowest BCUT2D eigenvalue weighted by Gasteiger charge is -2.35. The minimum atomic E-state index is -0.217. The number of rotatable bonds is 4. The van der Waals surface area contributed by atoms with Crippen LogP contribution in [0.4, 0.5) is 10.1 Å². The number of furan rings is 1. The Kier molecular flexibility index (Phi) is 4.53. The van der Waals surface area contributed by atoms with Gasteiger partial charge in [-0.3, -0.25) is 4.79 Å². The molecule has 2 heterocycles. The minimum Gasteiger partial charge on any atom is -0.461 e. The molecule has 4 rings (SSSR count). The molecule has 26 heavy (non-hydrogen) atoms. The number of amides is 1. The van der Waals surface area contributed by atoms with Gasteiger partial charge >= 0.3 is 0 Å². The third-order valence-electron chi connectivity index (χ3n) is 5.30. The standard InChI is InChI=1S/C21H23FN2O2/c1-15-14-17(15)20-8-6-16(26-20)7-9-21(25)24-12-10-23(11-13-24)19-5-3-2-4-18(19)22/h2-9,15,17H,10-14H2,1H3/b9-7+. The van der Waals surface area contributed by atoms with Crippen LogP contribution < -0.4 is 4.90 Å². The second-order valence-electron chi connectivity index (χ2n) is 7.16. The van der Waals surface area contributed by atoms with Gasteiger partial charge in [-0.2, -0.15) is 0 Å². The van der Waals surface area contributed by atoms with Gasteiger partial charge < -0.3 is 14.2 Å². The van der Waals surface area contributed by atoms with E-state index in [1.807, 2.05) is 23.1 Å². The Bertz CT molecular complexity index is 821. The van der Waals surface area contributed by atoms with Gasteiger partial charge in [0.15, 0.2) is 0 Å². The highest BCUT2D eigenvalue weighted by molar-refractivity contribution is 5.91. The van der Waals surface area contributed by atoms with Crippen molar-refractivity contribution < 1.29 is 13.6 Å². The van der Waals surface area contributed by atoms with E-state index < -0.39 is 0 Å². The molecule has 2 fully saturated rings. The van der Waals surface area contributed by atoms with Crippen molar-refractivity contribution in [3.05, 3.63) is 59.8 Å². The summed E-state index contributed by atoms with van der Waals surface area (Å²) in [5, 5.41) is 0. The van der Waals surface area contributed by atoms with Crippen molar-refractivity contribution >= 4 is 17.7 Å². The molecule has 0 N–H and O–H groups in total. The van der Waals surface area contributed by atoms with Crippen LogP contribution >= 0.6 is 0 Å². The molecule has 2 unspecified atom stereocenters. The smallest absolute Gasteiger partial charge is 0.246 e. The monoisotopic (exact) mass is 354 g/mol. The molecule has 0 radical (unpaired) electrons. The quantitative estimate of drug-likeness (QED) is 0.781. The summed E-state index contributed by atoms with van der Waals surface area (Å²) in [5.41, 5.74) is 0.604. The predicted octanol–water partition coefficient (Wildman–Crippen LogP) is 3.90. The summed E-state index contributed by atoms with van der Waals surface area (Å²) in [7, 11) is 0. The molecule has 1 aromatic heterocycles. The van der Waals surface area contributed by atoms with E-state index in [0.717, 1.165) is 11.5 Å². The van der Waals surface area contributed by atoms with E-state index in [0.29, 0.717) is 43.7 Å². The van der Waals surface area contributed by atoms with Gasteiger partial charge in [-0.05, 0) is 42.7 Å². The number of halogens is 1. The largest absolute Gasteiger partial charge is 0.461 e. The maximum Gasteiger partial charge on any atom is 0.246 e. The topological polar surface area (TPSA) is 36.7 Å². The van der Waals surface area contributed by atoms with Crippen LogP contribution in [0.5, 0.6) is 0 Å². The average Bonchev–Trinajstić information content (AvgIpc) is 3.20. The zero-order valence-electron chi connectivity index (χ0n) is 14.9. The predicted molar refractivity (Wildman–Crippen MR) is 99.5 cm³/mol. The van der Waals surface area contributed by atoms with Crippen molar-refractivity contribution in [2.75, 3.05) is 31.1 Å². The SMILES string of the molecule is CC1CC1c1ccc(/C=C/C(=O)N2CCN(c3ccccc3F)CC2)o1. The molecule has 2 aliphatic rings. The molecule has 1 aliphatic carbocycles. The maximum absolute atomic E-state index is 13.9. The highest BCUT2D eigenvalue weighted by atomic mass is 19.1. The number of carbonyl (C=O) groups is 1. The first-order valence-electron chi connectivity index (χ1n) is 9.18. The Morgan fingerprint density at radius 1 is 1.15 bits per heavy atom. The van der Waals surface area contributed by atoms with E-state index in [1.54, 1.807) is 29.2 Å². The van der Waals surface area contributed by atoms with Gasteiger partial charge in [-0.15, -0.1) is 0 Å². The summed E-state index contributed by atoms with van der Waals surface area (Å²) in [6.07, 6.45) is 4.49. The van der Waals surface area contributed by atoms with Gasteiger partial charge in [0.05, 0.1) is 5.69 Å². The molecule has 5 heteroatoms. The molecule has 0 bridgehead atoms.